The first-order valence-electron chi connectivity index (χ1n) is 5.67. The van der Waals surface area contributed by atoms with Crippen molar-refractivity contribution in [3.05, 3.63) is 0 Å². The Hall–Kier alpha value is -0.0400. The van der Waals surface area contributed by atoms with Crippen LogP contribution in [-0.4, -0.2) is 6.04 Å². The van der Waals surface area contributed by atoms with E-state index in [0.29, 0.717) is 16.9 Å². The molecule has 2 saturated carbocycles. The van der Waals surface area contributed by atoms with Crippen molar-refractivity contribution in [3.8, 4) is 0 Å². The summed E-state index contributed by atoms with van der Waals surface area (Å²) in [4.78, 5) is 0. The lowest BCUT2D eigenvalue weighted by molar-refractivity contribution is 0.159. The van der Waals surface area contributed by atoms with Crippen LogP contribution in [0.1, 0.15) is 47.0 Å². The Morgan fingerprint density at radius 1 is 1.15 bits per heavy atom. The third-order valence-corrected chi connectivity index (χ3v) is 5.28. The Kier molecular flexibility index (Phi) is 1.83. The van der Waals surface area contributed by atoms with Gasteiger partial charge in [0.2, 0.25) is 0 Å². The van der Waals surface area contributed by atoms with Crippen molar-refractivity contribution in [2.75, 3.05) is 0 Å². The van der Waals surface area contributed by atoms with Gasteiger partial charge >= 0.3 is 0 Å². The highest BCUT2D eigenvalue weighted by atomic mass is 14.9. The van der Waals surface area contributed by atoms with Crippen LogP contribution in [-0.2, 0) is 0 Å². The minimum absolute atomic E-state index is 0.418. The molecule has 1 spiro atoms. The van der Waals surface area contributed by atoms with Crippen molar-refractivity contribution in [2.45, 2.75) is 53.0 Å². The van der Waals surface area contributed by atoms with Gasteiger partial charge in [-0.25, -0.2) is 0 Å². The highest BCUT2D eigenvalue weighted by Gasteiger charge is 2.69. The number of rotatable bonds is 0. The van der Waals surface area contributed by atoms with E-state index in [4.69, 9.17) is 5.73 Å². The molecule has 0 aliphatic heterocycles. The van der Waals surface area contributed by atoms with Gasteiger partial charge in [-0.3, -0.25) is 0 Å². The summed E-state index contributed by atoms with van der Waals surface area (Å²) in [6.07, 6.45) is 4.12. The molecule has 0 aromatic heterocycles. The molecule has 0 heterocycles. The summed E-state index contributed by atoms with van der Waals surface area (Å²) in [5.41, 5.74) is 7.15. The number of hydrogen-bond donors (Lipinski definition) is 1. The maximum Gasteiger partial charge on any atom is 0.0159 e. The number of hydrogen-bond acceptors (Lipinski definition) is 1. The summed E-state index contributed by atoms with van der Waals surface area (Å²) in [6.45, 7) is 9.48. The van der Waals surface area contributed by atoms with Gasteiger partial charge in [-0.1, -0.05) is 27.7 Å². The maximum atomic E-state index is 6.22. The Labute approximate surface area is 82.1 Å². The lowest BCUT2D eigenvalue weighted by Crippen LogP contribution is -2.27. The molecule has 2 aliphatic rings. The van der Waals surface area contributed by atoms with Gasteiger partial charge in [0.05, 0.1) is 0 Å². The quantitative estimate of drug-likeness (QED) is 0.611. The molecule has 1 nitrogen and oxygen atoms in total. The van der Waals surface area contributed by atoms with Crippen LogP contribution in [0.2, 0.25) is 0 Å². The minimum atomic E-state index is 0.418. The van der Waals surface area contributed by atoms with Crippen molar-refractivity contribution in [1.29, 1.82) is 0 Å². The summed E-state index contributed by atoms with van der Waals surface area (Å²) < 4.78 is 0. The highest BCUT2D eigenvalue weighted by Crippen LogP contribution is 2.69. The molecule has 0 amide bonds. The fourth-order valence-electron chi connectivity index (χ4n) is 3.50. The Morgan fingerprint density at radius 2 is 1.69 bits per heavy atom. The third kappa shape index (κ3) is 1.03. The molecule has 4 atom stereocenters. The molecule has 2 N–H and O–H groups in total. The SMILES string of the molecule is CC1CCC2(CC1C)C(N)C2(C)C. The predicted octanol–water partition coefficient (Wildman–Crippen LogP) is 2.80. The van der Waals surface area contributed by atoms with Gasteiger partial charge in [0, 0.05) is 6.04 Å². The molecule has 0 bridgehead atoms. The first kappa shape index (κ1) is 9.51. The van der Waals surface area contributed by atoms with Crippen LogP contribution in [0.25, 0.3) is 0 Å². The molecule has 76 valence electrons. The van der Waals surface area contributed by atoms with Gasteiger partial charge in [0.15, 0.2) is 0 Å². The smallest absolute Gasteiger partial charge is 0.0159 e. The molecule has 2 fully saturated rings. The monoisotopic (exact) mass is 181 g/mol. The van der Waals surface area contributed by atoms with Gasteiger partial charge in [0.1, 0.15) is 0 Å². The summed E-state index contributed by atoms with van der Waals surface area (Å²) in [7, 11) is 0. The summed E-state index contributed by atoms with van der Waals surface area (Å²) in [6, 6.07) is 0.468. The zero-order chi connectivity index (χ0) is 9.85. The standard InChI is InChI=1S/C12H23N/c1-8-5-6-12(7-9(8)2)10(13)11(12,3)4/h8-10H,5-7,13H2,1-4H3. The van der Waals surface area contributed by atoms with Gasteiger partial charge in [-0.15, -0.1) is 0 Å². The molecular formula is C12H23N. The predicted molar refractivity (Wildman–Crippen MR) is 56.4 cm³/mol. The van der Waals surface area contributed by atoms with Crippen LogP contribution in [0.4, 0.5) is 0 Å². The molecule has 0 aromatic rings. The average molecular weight is 181 g/mol. The van der Waals surface area contributed by atoms with Gasteiger partial charge < -0.3 is 5.73 Å². The van der Waals surface area contributed by atoms with E-state index >= 15 is 0 Å². The fourth-order valence-corrected chi connectivity index (χ4v) is 3.50. The average Bonchev–Trinajstić information content (AvgIpc) is 2.45. The second-order valence-electron chi connectivity index (χ2n) is 6.05. The second kappa shape index (κ2) is 2.50. The van der Waals surface area contributed by atoms with E-state index in [9.17, 15) is 0 Å². The van der Waals surface area contributed by atoms with Crippen LogP contribution in [0, 0.1) is 22.7 Å². The number of nitrogens with two attached hydrogens (primary N) is 1. The first-order chi connectivity index (χ1) is 5.92. The van der Waals surface area contributed by atoms with Crippen molar-refractivity contribution in [3.63, 3.8) is 0 Å². The van der Waals surface area contributed by atoms with E-state index in [1.54, 1.807) is 0 Å². The molecule has 4 unspecified atom stereocenters. The second-order valence-corrected chi connectivity index (χ2v) is 6.05. The Balaban J connectivity index is 2.13. The lowest BCUT2D eigenvalue weighted by atomic mass is 9.71. The van der Waals surface area contributed by atoms with E-state index in [1.165, 1.54) is 19.3 Å². The van der Waals surface area contributed by atoms with Crippen molar-refractivity contribution in [2.24, 2.45) is 28.4 Å². The van der Waals surface area contributed by atoms with E-state index < -0.39 is 0 Å². The van der Waals surface area contributed by atoms with E-state index in [0.717, 1.165) is 11.8 Å². The van der Waals surface area contributed by atoms with E-state index in [1.807, 2.05) is 0 Å². The van der Waals surface area contributed by atoms with Gasteiger partial charge in [0.25, 0.3) is 0 Å². The normalized spacial score (nSPS) is 53.8. The largest absolute Gasteiger partial charge is 0.327 e. The molecule has 2 rings (SSSR count). The van der Waals surface area contributed by atoms with Gasteiger partial charge in [-0.05, 0) is 41.9 Å². The minimum Gasteiger partial charge on any atom is -0.327 e. The Morgan fingerprint density at radius 3 is 2.08 bits per heavy atom. The topological polar surface area (TPSA) is 26.0 Å². The highest BCUT2D eigenvalue weighted by molar-refractivity contribution is 5.22. The van der Waals surface area contributed by atoms with Gasteiger partial charge in [-0.2, -0.15) is 0 Å². The zero-order valence-electron chi connectivity index (χ0n) is 9.43. The van der Waals surface area contributed by atoms with Crippen LogP contribution >= 0.6 is 0 Å². The summed E-state index contributed by atoms with van der Waals surface area (Å²) >= 11 is 0. The maximum absolute atomic E-state index is 6.22. The van der Waals surface area contributed by atoms with E-state index in [2.05, 4.69) is 27.7 Å². The summed E-state index contributed by atoms with van der Waals surface area (Å²) in [5.74, 6) is 1.79. The zero-order valence-corrected chi connectivity index (χ0v) is 9.43. The molecule has 1 heteroatoms. The van der Waals surface area contributed by atoms with Crippen LogP contribution < -0.4 is 5.73 Å². The Bertz CT molecular complexity index is 221. The molecular weight excluding hydrogens is 158 g/mol. The fraction of sp³-hybridized carbons (Fsp3) is 1.00. The molecule has 13 heavy (non-hydrogen) atoms. The van der Waals surface area contributed by atoms with Crippen molar-refractivity contribution >= 4 is 0 Å². The molecule has 0 saturated heterocycles. The van der Waals surface area contributed by atoms with Crippen LogP contribution in [0.3, 0.4) is 0 Å². The van der Waals surface area contributed by atoms with Crippen molar-refractivity contribution in [1.82, 2.24) is 0 Å². The molecule has 0 aromatic carbocycles. The van der Waals surface area contributed by atoms with Crippen LogP contribution in [0.5, 0.6) is 0 Å². The lowest BCUT2D eigenvalue weighted by Gasteiger charge is -2.34. The summed E-state index contributed by atoms with van der Waals surface area (Å²) in [5, 5.41) is 0. The molecule has 0 radical (unpaired) electrons. The van der Waals surface area contributed by atoms with Crippen LogP contribution in [0.15, 0.2) is 0 Å². The molecule has 2 aliphatic carbocycles. The third-order valence-electron chi connectivity index (χ3n) is 5.28. The van der Waals surface area contributed by atoms with E-state index in [-0.39, 0.29) is 0 Å². The van der Waals surface area contributed by atoms with Crippen molar-refractivity contribution < 1.29 is 0 Å². The first-order valence-corrected chi connectivity index (χ1v) is 5.67.